The lowest BCUT2D eigenvalue weighted by Gasteiger charge is -2.07. The molecule has 1 aromatic carbocycles. The Bertz CT molecular complexity index is 282. The van der Waals surface area contributed by atoms with Crippen LogP contribution in [-0.2, 0) is 6.42 Å². The molecule has 0 atom stereocenters. The van der Waals surface area contributed by atoms with Crippen molar-refractivity contribution < 1.29 is 0 Å². The molecule has 0 N–H and O–H groups in total. The van der Waals surface area contributed by atoms with Gasteiger partial charge in [0.15, 0.2) is 0 Å². The molecule has 2 rings (SSSR count). The molecule has 0 amide bonds. The van der Waals surface area contributed by atoms with Gasteiger partial charge in [0.2, 0.25) is 0 Å². The number of hydrogen-bond acceptors (Lipinski definition) is 0. The second-order valence-corrected chi connectivity index (χ2v) is 5.94. The molecule has 108 valence electrons. The number of unbranched alkanes of at least 4 members (excludes halogenated alkanes) is 2. The van der Waals surface area contributed by atoms with Gasteiger partial charge in [-0.05, 0) is 24.3 Å². The SMILES string of the molecule is CCC.c1ccc(CCCCCC2CCCC2)cc1. The van der Waals surface area contributed by atoms with Crippen molar-refractivity contribution in [2.45, 2.75) is 78.1 Å². The van der Waals surface area contributed by atoms with Crippen molar-refractivity contribution in [1.82, 2.24) is 0 Å². The highest BCUT2D eigenvalue weighted by Gasteiger charge is 2.13. The third-order valence-electron chi connectivity index (χ3n) is 3.90. The van der Waals surface area contributed by atoms with Crippen molar-refractivity contribution in [2.75, 3.05) is 0 Å². The summed E-state index contributed by atoms with van der Waals surface area (Å²) in [5.74, 6) is 1.08. The van der Waals surface area contributed by atoms with Gasteiger partial charge in [-0.1, -0.05) is 95.5 Å². The normalized spacial score (nSPS) is 15.1. The van der Waals surface area contributed by atoms with Crippen LogP contribution in [0.4, 0.5) is 0 Å². The van der Waals surface area contributed by atoms with E-state index in [9.17, 15) is 0 Å². The summed E-state index contributed by atoms with van der Waals surface area (Å²) >= 11 is 0. The molecule has 0 aromatic heterocycles. The van der Waals surface area contributed by atoms with Crippen molar-refractivity contribution in [2.24, 2.45) is 5.92 Å². The highest BCUT2D eigenvalue weighted by Crippen LogP contribution is 2.29. The quantitative estimate of drug-likeness (QED) is 0.519. The molecule has 0 spiro atoms. The summed E-state index contributed by atoms with van der Waals surface area (Å²) in [4.78, 5) is 0. The largest absolute Gasteiger partial charge is 0.0656 e. The van der Waals surface area contributed by atoms with Crippen LogP contribution >= 0.6 is 0 Å². The summed E-state index contributed by atoms with van der Waals surface area (Å²) in [6.45, 7) is 4.25. The minimum absolute atomic E-state index is 1.08. The molecule has 19 heavy (non-hydrogen) atoms. The Kier molecular flexibility index (Phi) is 9.49. The van der Waals surface area contributed by atoms with Gasteiger partial charge in [-0.15, -0.1) is 0 Å². The van der Waals surface area contributed by atoms with Gasteiger partial charge in [0, 0.05) is 0 Å². The van der Waals surface area contributed by atoms with Crippen LogP contribution in [-0.4, -0.2) is 0 Å². The van der Waals surface area contributed by atoms with Crippen LogP contribution in [0.2, 0.25) is 0 Å². The first-order valence-corrected chi connectivity index (χ1v) is 8.40. The van der Waals surface area contributed by atoms with Crippen LogP contribution in [0.25, 0.3) is 0 Å². The van der Waals surface area contributed by atoms with E-state index in [0.29, 0.717) is 0 Å². The molecule has 1 aliphatic carbocycles. The van der Waals surface area contributed by atoms with E-state index < -0.39 is 0 Å². The minimum Gasteiger partial charge on any atom is -0.0656 e. The van der Waals surface area contributed by atoms with E-state index >= 15 is 0 Å². The average Bonchev–Trinajstić information content (AvgIpc) is 2.94. The van der Waals surface area contributed by atoms with Gasteiger partial charge >= 0.3 is 0 Å². The lowest BCUT2D eigenvalue weighted by atomic mass is 9.98. The van der Waals surface area contributed by atoms with Gasteiger partial charge in [-0.2, -0.15) is 0 Å². The molecule has 1 aliphatic rings. The first-order chi connectivity index (χ1) is 9.36. The number of benzene rings is 1. The first-order valence-electron chi connectivity index (χ1n) is 8.40. The predicted molar refractivity (Wildman–Crippen MR) is 86.5 cm³/mol. The van der Waals surface area contributed by atoms with E-state index in [0.717, 1.165) is 5.92 Å². The Morgan fingerprint density at radius 1 is 0.895 bits per heavy atom. The van der Waals surface area contributed by atoms with E-state index in [1.165, 1.54) is 69.8 Å². The molecule has 1 fully saturated rings. The van der Waals surface area contributed by atoms with Crippen LogP contribution in [0.3, 0.4) is 0 Å². The fourth-order valence-corrected chi connectivity index (χ4v) is 2.88. The lowest BCUT2D eigenvalue weighted by Crippen LogP contribution is -1.93. The maximum absolute atomic E-state index is 2.25. The van der Waals surface area contributed by atoms with Crippen molar-refractivity contribution >= 4 is 0 Å². The van der Waals surface area contributed by atoms with Gasteiger partial charge in [-0.3, -0.25) is 0 Å². The molecule has 0 heterocycles. The highest BCUT2D eigenvalue weighted by atomic mass is 14.2. The van der Waals surface area contributed by atoms with Crippen LogP contribution in [0.1, 0.15) is 77.2 Å². The summed E-state index contributed by atoms with van der Waals surface area (Å²) in [6.07, 6.45) is 14.3. The molecule has 0 saturated heterocycles. The van der Waals surface area contributed by atoms with Gasteiger partial charge in [0.1, 0.15) is 0 Å². The van der Waals surface area contributed by atoms with E-state index in [2.05, 4.69) is 44.2 Å². The zero-order valence-electron chi connectivity index (χ0n) is 13.0. The van der Waals surface area contributed by atoms with Gasteiger partial charge in [-0.25, -0.2) is 0 Å². The van der Waals surface area contributed by atoms with Crippen LogP contribution in [0, 0.1) is 5.92 Å². The third kappa shape index (κ3) is 8.08. The second kappa shape index (κ2) is 11.1. The van der Waals surface area contributed by atoms with Crippen molar-refractivity contribution in [3.8, 4) is 0 Å². The summed E-state index contributed by atoms with van der Waals surface area (Å²) in [6, 6.07) is 10.9. The fourth-order valence-electron chi connectivity index (χ4n) is 2.88. The monoisotopic (exact) mass is 260 g/mol. The van der Waals surface area contributed by atoms with Crippen LogP contribution in [0.5, 0.6) is 0 Å². The third-order valence-corrected chi connectivity index (χ3v) is 3.90. The molecule has 1 saturated carbocycles. The van der Waals surface area contributed by atoms with Gasteiger partial charge in [0.05, 0.1) is 0 Å². The summed E-state index contributed by atoms with van der Waals surface area (Å²) in [5, 5.41) is 0. The Morgan fingerprint density at radius 2 is 1.53 bits per heavy atom. The molecule has 1 aromatic rings. The maximum atomic E-state index is 2.25. The standard InChI is InChI=1S/C16H24.C3H8/c1-3-9-15(10-4-1)11-5-2-6-12-16-13-7-8-14-16;1-3-2/h1,3-4,9-10,16H,2,5-8,11-14H2;3H2,1-2H3. The molecule has 0 bridgehead atoms. The number of rotatable bonds is 6. The van der Waals surface area contributed by atoms with E-state index in [-0.39, 0.29) is 0 Å². The Balaban J connectivity index is 0.000000550. The lowest BCUT2D eigenvalue weighted by molar-refractivity contribution is 0.468. The maximum Gasteiger partial charge on any atom is -0.0279 e. The minimum atomic E-state index is 1.08. The Hall–Kier alpha value is -0.780. The van der Waals surface area contributed by atoms with Gasteiger partial charge < -0.3 is 0 Å². The summed E-state index contributed by atoms with van der Waals surface area (Å²) in [7, 11) is 0. The average molecular weight is 260 g/mol. The van der Waals surface area contributed by atoms with Crippen LogP contribution in [0.15, 0.2) is 30.3 Å². The molecule has 0 unspecified atom stereocenters. The zero-order valence-corrected chi connectivity index (χ0v) is 13.0. The summed E-state index contributed by atoms with van der Waals surface area (Å²) < 4.78 is 0. The Labute approximate surface area is 120 Å². The topological polar surface area (TPSA) is 0 Å². The zero-order chi connectivity index (χ0) is 13.8. The van der Waals surface area contributed by atoms with Crippen molar-refractivity contribution in [3.63, 3.8) is 0 Å². The fraction of sp³-hybridized carbons (Fsp3) is 0.684. The van der Waals surface area contributed by atoms with Crippen molar-refractivity contribution in [1.29, 1.82) is 0 Å². The highest BCUT2D eigenvalue weighted by molar-refractivity contribution is 5.14. The number of aryl methyl sites for hydroxylation is 1. The molecular formula is C19H32. The van der Waals surface area contributed by atoms with Crippen molar-refractivity contribution in [3.05, 3.63) is 35.9 Å². The molecule has 0 heteroatoms. The van der Waals surface area contributed by atoms with E-state index in [4.69, 9.17) is 0 Å². The van der Waals surface area contributed by atoms with Crippen LogP contribution < -0.4 is 0 Å². The summed E-state index contributed by atoms with van der Waals surface area (Å²) in [5.41, 5.74) is 1.50. The molecular weight excluding hydrogens is 228 g/mol. The molecule has 0 aliphatic heterocycles. The van der Waals surface area contributed by atoms with E-state index in [1.54, 1.807) is 0 Å². The molecule has 0 nitrogen and oxygen atoms in total. The van der Waals surface area contributed by atoms with E-state index in [1.807, 2.05) is 0 Å². The number of hydrogen-bond donors (Lipinski definition) is 0. The predicted octanol–water partition coefficient (Wildman–Crippen LogP) is 6.40. The Morgan fingerprint density at radius 3 is 2.16 bits per heavy atom. The van der Waals surface area contributed by atoms with Gasteiger partial charge in [0.25, 0.3) is 0 Å². The smallest absolute Gasteiger partial charge is 0.0279 e. The first kappa shape index (κ1) is 16.3. The molecule has 0 radical (unpaired) electrons. The second-order valence-electron chi connectivity index (χ2n) is 5.94.